The second kappa shape index (κ2) is 7.51. The number of benzene rings is 2. The van der Waals surface area contributed by atoms with Crippen molar-refractivity contribution in [1.29, 1.82) is 0 Å². The minimum Gasteiger partial charge on any atom is -0.363 e. The Kier molecular flexibility index (Phi) is 4.96. The van der Waals surface area contributed by atoms with Gasteiger partial charge in [-0.05, 0) is 29.2 Å². The first-order chi connectivity index (χ1) is 11.3. The van der Waals surface area contributed by atoms with Crippen LogP contribution in [0.2, 0.25) is 0 Å². The molecule has 0 fully saturated rings. The second-order valence-corrected chi connectivity index (χ2v) is 5.22. The molecule has 0 saturated heterocycles. The molecule has 1 aliphatic heterocycles. The van der Waals surface area contributed by atoms with Gasteiger partial charge >= 0.3 is 0 Å². The normalized spacial score (nSPS) is 17.3. The number of rotatable bonds is 4. The van der Waals surface area contributed by atoms with Gasteiger partial charge in [0.2, 0.25) is 0 Å². The van der Waals surface area contributed by atoms with E-state index < -0.39 is 6.10 Å². The lowest BCUT2D eigenvalue weighted by atomic mass is 9.97. The lowest BCUT2D eigenvalue weighted by molar-refractivity contribution is -0.134. The summed E-state index contributed by atoms with van der Waals surface area (Å²) in [6.45, 7) is 0.548. The number of carbonyl (C=O) groups excluding carboxylic acids is 1. The average Bonchev–Trinajstić information content (AvgIpc) is 2.61. The molecular weight excluding hydrogens is 288 g/mol. The summed E-state index contributed by atoms with van der Waals surface area (Å²) in [4.78, 5) is 12.2. The van der Waals surface area contributed by atoms with E-state index in [2.05, 4.69) is 10.5 Å². The van der Waals surface area contributed by atoms with Crippen molar-refractivity contribution in [3.05, 3.63) is 77.4 Å². The zero-order valence-electron chi connectivity index (χ0n) is 12.7. The first kappa shape index (κ1) is 15.2. The molecule has 0 spiro atoms. The van der Waals surface area contributed by atoms with Gasteiger partial charge in [0.05, 0.1) is 6.61 Å². The molecule has 0 bridgehead atoms. The Balaban J connectivity index is 1.58. The van der Waals surface area contributed by atoms with Gasteiger partial charge < -0.3 is 4.74 Å². The van der Waals surface area contributed by atoms with Gasteiger partial charge in [-0.3, -0.25) is 4.79 Å². The summed E-state index contributed by atoms with van der Waals surface area (Å²) < 4.78 is 5.59. The SMILES string of the molecule is O=C(N/N=C\C=C\c1ccccc1)C1OCCc2ccccc21. The number of nitrogens with zero attached hydrogens (tertiary/aromatic N) is 1. The molecule has 0 aliphatic carbocycles. The molecule has 23 heavy (non-hydrogen) atoms. The number of nitrogens with one attached hydrogen (secondary N) is 1. The fraction of sp³-hybridized carbons (Fsp3) is 0.158. The highest BCUT2D eigenvalue weighted by molar-refractivity contribution is 5.85. The molecule has 4 heteroatoms. The molecule has 0 aromatic heterocycles. The Morgan fingerprint density at radius 2 is 1.91 bits per heavy atom. The van der Waals surface area contributed by atoms with Crippen LogP contribution < -0.4 is 5.43 Å². The van der Waals surface area contributed by atoms with Gasteiger partial charge in [-0.15, -0.1) is 0 Å². The number of fused-ring (bicyclic) bond motifs is 1. The van der Waals surface area contributed by atoms with Crippen LogP contribution in [-0.4, -0.2) is 18.7 Å². The fourth-order valence-corrected chi connectivity index (χ4v) is 2.53. The Labute approximate surface area is 135 Å². The highest BCUT2D eigenvalue weighted by atomic mass is 16.5. The van der Waals surface area contributed by atoms with Crippen LogP contribution in [0.25, 0.3) is 6.08 Å². The predicted octanol–water partition coefficient (Wildman–Crippen LogP) is 3.12. The van der Waals surface area contributed by atoms with Gasteiger partial charge in [-0.25, -0.2) is 5.43 Å². The number of ether oxygens (including phenoxy) is 1. The second-order valence-electron chi connectivity index (χ2n) is 5.22. The Hall–Kier alpha value is -2.72. The zero-order valence-corrected chi connectivity index (χ0v) is 12.7. The topological polar surface area (TPSA) is 50.7 Å². The van der Waals surface area contributed by atoms with Crippen LogP contribution in [0.5, 0.6) is 0 Å². The summed E-state index contributed by atoms with van der Waals surface area (Å²) in [6, 6.07) is 17.7. The van der Waals surface area contributed by atoms with E-state index in [4.69, 9.17) is 4.74 Å². The van der Waals surface area contributed by atoms with Crippen LogP contribution in [0, 0.1) is 0 Å². The van der Waals surface area contributed by atoms with Gasteiger partial charge in [0.25, 0.3) is 5.91 Å². The van der Waals surface area contributed by atoms with Gasteiger partial charge in [-0.1, -0.05) is 60.7 Å². The molecule has 116 valence electrons. The van der Waals surface area contributed by atoms with Crippen LogP contribution in [0.3, 0.4) is 0 Å². The zero-order chi connectivity index (χ0) is 15.9. The van der Waals surface area contributed by atoms with Crippen molar-refractivity contribution in [3.63, 3.8) is 0 Å². The predicted molar refractivity (Wildman–Crippen MR) is 90.9 cm³/mol. The quantitative estimate of drug-likeness (QED) is 0.697. The Bertz CT molecular complexity index is 723. The van der Waals surface area contributed by atoms with Crippen LogP contribution >= 0.6 is 0 Å². The van der Waals surface area contributed by atoms with Crippen molar-refractivity contribution in [3.8, 4) is 0 Å². The Morgan fingerprint density at radius 3 is 2.78 bits per heavy atom. The van der Waals surface area contributed by atoms with Gasteiger partial charge in [0, 0.05) is 6.21 Å². The van der Waals surface area contributed by atoms with E-state index in [-0.39, 0.29) is 5.91 Å². The third-order valence-electron chi connectivity index (χ3n) is 3.66. The maximum Gasteiger partial charge on any atom is 0.273 e. The van der Waals surface area contributed by atoms with E-state index >= 15 is 0 Å². The number of hydrogen-bond donors (Lipinski definition) is 1. The molecule has 1 heterocycles. The van der Waals surface area contributed by atoms with E-state index in [0.29, 0.717) is 6.61 Å². The first-order valence-corrected chi connectivity index (χ1v) is 7.58. The molecule has 1 N–H and O–H groups in total. The van der Waals surface area contributed by atoms with E-state index in [1.165, 1.54) is 0 Å². The lowest BCUT2D eigenvalue weighted by Gasteiger charge is -2.24. The van der Waals surface area contributed by atoms with Crippen LogP contribution in [0.4, 0.5) is 0 Å². The monoisotopic (exact) mass is 306 g/mol. The average molecular weight is 306 g/mol. The smallest absolute Gasteiger partial charge is 0.273 e. The number of carbonyl (C=O) groups is 1. The van der Waals surface area contributed by atoms with E-state index in [1.807, 2.05) is 60.7 Å². The van der Waals surface area contributed by atoms with Crippen molar-refractivity contribution in [2.45, 2.75) is 12.5 Å². The van der Waals surface area contributed by atoms with E-state index in [0.717, 1.165) is 23.1 Å². The number of hydrogen-bond acceptors (Lipinski definition) is 3. The molecule has 1 atom stereocenters. The standard InChI is InChI=1S/C19H18N2O2/c22-19(18-17-11-5-4-10-16(17)12-14-23-18)21-20-13-6-9-15-7-2-1-3-8-15/h1-11,13,18H,12,14H2,(H,21,22)/b9-6+,20-13-. The van der Waals surface area contributed by atoms with Crippen LogP contribution in [-0.2, 0) is 16.0 Å². The van der Waals surface area contributed by atoms with E-state index in [1.54, 1.807) is 12.3 Å². The minimum absolute atomic E-state index is 0.249. The molecule has 1 aliphatic rings. The largest absolute Gasteiger partial charge is 0.363 e. The summed E-state index contributed by atoms with van der Waals surface area (Å²) in [7, 11) is 0. The number of amides is 1. The summed E-state index contributed by atoms with van der Waals surface area (Å²) in [6.07, 6.45) is 5.51. The summed E-state index contributed by atoms with van der Waals surface area (Å²) in [5.74, 6) is -0.249. The van der Waals surface area contributed by atoms with Crippen molar-refractivity contribution in [2.24, 2.45) is 5.10 Å². The Morgan fingerprint density at radius 1 is 1.13 bits per heavy atom. The molecule has 4 nitrogen and oxygen atoms in total. The lowest BCUT2D eigenvalue weighted by Crippen LogP contribution is -2.31. The highest BCUT2D eigenvalue weighted by Crippen LogP contribution is 2.26. The van der Waals surface area contributed by atoms with Crippen LogP contribution in [0.15, 0.2) is 65.8 Å². The van der Waals surface area contributed by atoms with Crippen molar-refractivity contribution < 1.29 is 9.53 Å². The summed E-state index contributed by atoms with van der Waals surface area (Å²) in [5.41, 5.74) is 5.69. The molecule has 1 amide bonds. The third-order valence-corrected chi connectivity index (χ3v) is 3.66. The van der Waals surface area contributed by atoms with Crippen molar-refractivity contribution in [2.75, 3.05) is 6.61 Å². The minimum atomic E-state index is -0.588. The molecular formula is C19H18N2O2. The highest BCUT2D eigenvalue weighted by Gasteiger charge is 2.26. The molecule has 2 aromatic rings. The fourth-order valence-electron chi connectivity index (χ4n) is 2.53. The molecule has 0 radical (unpaired) electrons. The maximum absolute atomic E-state index is 12.2. The summed E-state index contributed by atoms with van der Waals surface area (Å²) >= 11 is 0. The maximum atomic E-state index is 12.2. The van der Waals surface area contributed by atoms with Gasteiger partial charge in [0.15, 0.2) is 6.10 Å². The van der Waals surface area contributed by atoms with Gasteiger partial charge in [0.1, 0.15) is 0 Å². The molecule has 2 aromatic carbocycles. The molecule has 3 rings (SSSR count). The van der Waals surface area contributed by atoms with E-state index in [9.17, 15) is 4.79 Å². The van der Waals surface area contributed by atoms with Gasteiger partial charge in [-0.2, -0.15) is 5.10 Å². The van der Waals surface area contributed by atoms with Crippen molar-refractivity contribution >= 4 is 18.2 Å². The van der Waals surface area contributed by atoms with Crippen molar-refractivity contribution in [1.82, 2.24) is 5.43 Å². The number of hydrazone groups is 1. The molecule has 1 unspecified atom stereocenters. The van der Waals surface area contributed by atoms with Crippen LogP contribution in [0.1, 0.15) is 22.8 Å². The first-order valence-electron chi connectivity index (χ1n) is 7.58. The third kappa shape index (κ3) is 3.93. The molecule has 0 saturated carbocycles. The summed E-state index contributed by atoms with van der Waals surface area (Å²) in [5, 5.41) is 3.94. The number of allylic oxidation sites excluding steroid dienone is 1.